The molecule has 6 nitrogen and oxygen atoms in total. The number of hydroxylamine groups is 2. The van der Waals surface area contributed by atoms with E-state index in [2.05, 4.69) is 10.2 Å². The van der Waals surface area contributed by atoms with Crippen LogP contribution in [0.2, 0.25) is 5.02 Å². The van der Waals surface area contributed by atoms with Gasteiger partial charge in [-0.25, -0.2) is 0 Å². The van der Waals surface area contributed by atoms with Crippen molar-refractivity contribution in [3.8, 4) is 11.3 Å². The van der Waals surface area contributed by atoms with Crippen LogP contribution in [0.4, 0.5) is 0 Å². The van der Waals surface area contributed by atoms with E-state index < -0.39 is 0 Å². The molecule has 0 saturated carbocycles. The molecule has 0 unspecified atom stereocenters. The van der Waals surface area contributed by atoms with E-state index >= 15 is 0 Å². The van der Waals surface area contributed by atoms with Gasteiger partial charge in [-0.3, -0.25) is 14.7 Å². The summed E-state index contributed by atoms with van der Waals surface area (Å²) in [6.45, 7) is 3.68. The maximum atomic E-state index is 12.6. The number of aromatic amines is 1. The molecule has 3 heterocycles. The average molecular weight is 361 g/mol. The Morgan fingerprint density at radius 1 is 1.28 bits per heavy atom. The molecule has 1 aromatic heterocycles. The van der Waals surface area contributed by atoms with Crippen molar-refractivity contribution in [2.24, 2.45) is 0 Å². The molecule has 0 aliphatic carbocycles. The Bertz CT molecular complexity index is 753. The summed E-state index contributed by atoms with van der Waals surface area (Å²) >= 11 is 5.97. The van der Waals surface area contributed by atoms with E-state index in [0.717, 1.165) is 55.1 Å². The zero-order valence-electron chi connectivity index (χ0n) is 14.0. The van der Waals surface area contributed by atoms with Gasteiger partial charge >= 0.3 is 0 Å². The van der Waals surface area contributed by atoms with Gasteiger partial charge in [0.2, 0.25) is 5.91 Å². The first kappa shape index (κ1) is 16.6. The van der Waals surface area contributed by atoms with Crippen molar-refractivity contribution in [2.75, 3.05) is 26.2 Å². The molecule has 0 atom stereocenters. The second-order valence-electron chi connectivity index (χ2n) is 6.47. The summed E-state index contributed by atoms with van der Waals surface area (Å²) in [6.07, 6.45) is 2.34. The van der Waals surface area contributed by atoms with Crippen LogP contribution in [0.5, 0.6) is 0 Å². The summed E-state index contributed by atoms with van der Waals surface area (Å²) < 4.78 is 0. The van der Waals surface area contributed by atoms with Crippen molar-refractivity contribution < 1.29 is 9.63 Å². The monoisotopic (exact) mass is 360 g/mol. The van der Waals surface area contributed by atoms with Crippen LogP contribution < -0.4 is 0 Å². The lowest BCUT2D eigenvalue weighted by molar-refractivity contribution is -0.139. The summed E-state index contributed by atoms with van der Waals surface area (Å²) in [6, 6.07) is 7.65. The first-order valence-electron chi connectivity index (χ1n) is 8.68. The van der Waals surface area contributed by atoms with E-state index in [1.165, 1.54) is 0 Å². The van der Waals surface area contributed by atoms with Crippen LogP contribution >= 0.6 is 11.6 Å². The third-order valence-electron chi connectivity index (χ3n) is 4.80. The van der Waals surface area contributed by atoms with Crippen molar-refractivity contribution in [1.29, 1.82) is 0 Å². The number of fused-ring (bicyclic) bond motifs is 1. The van der Waals surface area contributed by atoms with Crippen LogP contribution in [0.1, 0.15) is 24.1 Å². The van der Waals surface area contributed by atoms with Crippen molar-refractivity contribution in [3.63, 3.8) is 0 Å². The number of hydrogen-bond donors (Lipinski definition) is 1. The molecule has 1 fully saturated rings. The second-order valence-corrected chi connectivity index (χ2v) is 6.90. The van der Waals surface area contributed by atoms with E-state index in [0.29, 0.717) is 24.5 Å². The third-order valence-corrected chi connectivity index (χ3v) is 5.06. The third kappa shape index (κ3) is 3.56. The molecular formula is C18H21ClN4O2. The molecule has 4 rings (SSSR count). The van der Waals surface area contributed by atoms with Gasteiger partial charge in [0.25, 0.3) is 0 Å². The molecule has 2 aliphatic heterocycles. The lowest BCUT2D eigenvalue weighted by Crippen LogP contribution is -2.37. The largest absolute Gasteiger partial charge is 0.338 e. The molecule has 1 saturated heterocycles. The SMILES string of the molecule is O=C(CCN1CCCO1)N1CCc2[nH]nc(-c3ccc(Cl)cc3)c2C1. The van der Waals surface area contributed by atoms with Gasteiger partial charge in [0.05, 0.1) is 12.3 Å². The van der Waals surface area contributed by atoms with E-state index in [9.17, 15) is 4.79 Å². The lowest BCUT2D eigenvalue weighted by atomic mass is 10.0. The second kappa shape index (κ2) is 7.15. The molecule has 7 heteroatoms. The number of H-pyrrole nitrogens is 1. The van der Waals surface area contributed by atoms with Gasteiger partial charge in [0.1, 0.15) is 0 Å². The van der Waals surface area contributed by atoms with Gasteiger partial charge in [-0.15, -0.1) is 0 Å². The van der Waals surface area contributed by atoms with Crippen molar-refractivity contribution in [3.05, 3.63) is 40.5 Å². The van der Waals surface area contributed by atoms with Crippen molar-refractivity contribution in [2.45, 2.75) is 25.8 Å². The highest BCUT2D eigenvalue weighted by Crippen LogP contribution is 2.29. The number of nitrogens with zero attached hydrogens (tertiary/aromatic N) is 3. The molecule has 0 radical (unpaired) electrons. The Balaban J connectivity index is 1.45. The number of carbonyl (C=O) groups excluding carboxylic acids is 1. The molecule has 1 aromatic carbocycles. The number of halogens is 1. The number of amides is 1. The number of hydrogen-bond acceptors (Lipinski definition) is 4. The highest BCUT2D eigenvalue weighted by molar-refractivity contribution is 6.30. The zero-order chi connectivity index (χ0) is 17.2. The van der Waals surface area contributed by atoms with Crippen molar-refractivity contribution >= 4 is 17.5 Å². The van der Waals surface area contributed by atoms with E-state index in [1.807, 2.05) is 34.2 Å². The predicted molar refractivity (Wildman–Crippen MR) is 94.9 cm³/mol. The average Bonchev–Trinajstić information content (AvgIpc) is 3.29. The first-order chi connectivity index (χ1) is 12.2. The molecule has 1 N–H and O–H groups in total. The minimum absolute atomic E-state index is 0.171. The van der Waals surface area contributed by atoms with Crippen LogP contribution in [-0.2, 0) is 22.6 Å². The molecule has 2 aromatic rings. The summed E-state index contributed by atoms with van der Waals surface area (Å²) in [5.41, 5.74) is 4.16. The van der Waals surface area contributed by atoms with Crippen molar-refractivity contribution in [1.82, 2.24) is 20.2 Å². The maximum Gasteiger partial charge on any atom is 0.224 e. The molecule has 1 amide bonds. The fourth-order valence-electron chi connectivity index (χ4n) is 3.41. The molecule has 132 valence electrons. The number of nitrogens with one attached hydrogen (secondary N) is 1. The topological polar surface area (TPSA) is 61.5 Å². The van der Waals surface area contributed by atoms with Gasteiger partial charge < -0.3 is 4.90 Å². The highest BCUT2D eigenvalue weighted by atomic mass is 35.5. The van der Waals surface area contributed by atoms with Gasteiger partial charge in [-0.05, 0) is 18.6 Å². The number of rotatable bonds is 4. The summed E-state index contributed by atoms with van der Waals surface area (Å²) in [5, 5.41) is 10.2. The van der Waals surface area contributed by atoms with Gasteiger partial charge in [0.15, 0.2) is 0 Å². The summed E-state index contributed by atoms with van der Waals surface area (Å²) in [4.78, 5) is 20.0. The lowest BCUT2D eigenvalue weighted by Gasteiger charge is -2.28. The number of benzene rings is 1. The van der Waals surface area contributed by atoms with Crippen LogP contribution in [0.15, 0.2) is 24.3 Å². The van der Waals surface area contributed by atoms with Crippen LogP contribution in [0, 0.1) is 0 Å². The highest BCUT2D eigenvalue weighted by Gasteiger charge is 2.26. The van der Waals surface area contributed by atoms with E-state index in [4.69, 9.17) is 16.4 Å². The Kier molecular flexibility index (Phi) is 4.74. The normalized spacial score (nSPS) is 17.7. The number of carbonyl (C=O) groups is 1. The molecule has 25 heavy (non-hydrogen) atoms. The predicted octanol–water partition coefficient (Wildman–Crippen LogP) is 2.64. The summed E-state index contributed by atoms with van der Waals surface area (Å²) in [7, 11) is 0. The molecule has 2 aliphatic rings. The fourth-order valence-corrected chi connectivity index (χ4v) is 3.53. The van der Waals surface area contributed by atoms with Crippen LogP contribution in [0.25, 0.3) is 11.3 Å². The molecule has 0 bridgehead atoms. The Labute approximate surface area is 151 Å². The van der Waals surface area contributed by atoms with Gasteiger partial charge in [-0.1, -0.05) is 23.7 Å². The number of aromatic nitrogens is 2. The van der Waals surface area contributed by atoms with Gasteiger partial charge in [0, 0.05) is 60.9 Å². The summed E-state index contributed by atoms with van der Waals surface area (Å²) in [5.74, 6) is 0.171. The minimum atomic E-state index is 0.171. The minimum Gasteiger partial charge on any atom is -0.338 e. The Morgan fingerprint density at radius 2 is 2.12 bits per heavy atom. The van der Waals surface area contributed by atoms with Crippen LogP contribution in [0.3, 0.4) is 0 Å². The first-order valence-corrected chi connectivity index (χ1v) is 9.06. The fraction of sp³-hybridized carbons (Fsp3) is 0.444. The van der Waals surface area contributed by atoms with E-state index in [-0.39, 0.29) is 5.91 Å². The van der Waals surface area contributed by atoms with E-state index in [1.54, 1.807) is 0 Å². The zero-order valence-corrected chi connectivity index (χ0v) is 14.8. The van der Waals surface area contributed by atoms with Crippen LogP contribution in [-0.4, -0.2) is 52.3 Å². The Morgan fingerprint density at radius 3 is 2.88 bits per heavy atom. The molecular weight excluding hydrogens is 340 g/mol. The molecule has 0 spiro atoms. The maximum absolute atomic E-state index is 12.6. The standard InChI is InChI=1S/C18H21ClN4O2/c19-14-4-2-13(3-5-14)18-15-12-22(9-6-16(15)20-21-18)17(24)7-10-23-8-1-11-25-23/h2-5H,1,6-12H2,(H,20,21). The quantitative estimate of drug-likeness (QED) is 0.910. The Hall–Kier alpha value is -1.89. The van der Waals surface area contributed by atoms with Gasteiger partial charge in [-0.2, -0.15) is 10.2 Å². The smallest absolute Gasteiger partial charge is 0.224 e.